The molecule has 2 amide bonds. The van der Waals surface area contributed by atoms with Gasteiger partial charge in [0, 0.05) is 36.8 Å². The normalized spacial score (nSPS) is 10.7. The van der Waals surface area contributed by atoms with Gasteiger partial charge >= 0.3 is 0 Å². The number of hydrogen-bond donors (Lipinski definition) is 1. The van der Waals surface area contributed by atoms with Crippen LogP contribution < -0.4 is 14.8 Å². The molecule has 1 N–H and O–H groups in total. The monoisotopic (exact) mass is 481 g/mol. The average molecular weight is 482 g/mol. The van der Waals surface area contributed by atoms with Gasteiger partial charge in [0.25, 0.3) is 5.91 Å². The molecule has 0 atom stereocenters. The number of anilines is 1. The van der Waals surface area contributed by atoms with E-state index in [1.165, 1.54) is 4.90 Å². The van der Waals surface area contributed by atoms with Gasteiger partial charge in [0.05, 0.1) is 13.7 Å². The Morgan fingerprint density at radius 1 is 1.03 bits per heavy atom. The summed E-state index contributed by atoms with van der Waals surface area (Å²) in [5, 5.41) is 4.92. The van der Waals surface area contributed by atoms with Crippen LogP contribution in [0.1, 0.15) is 27.7 Å². The smallest absolute Gasteiger partial charge is 0.253 e. The SMILES string of the molecule is CCN(CC(=O)Nc1ccc(C(=O)N(C)C)cc1)Cc1ccc(OCc2cccs2)c(OC)c1. The third-order valence-corrected chi connectivity index (χ3v) is 6.07. The number of carbonyl (C=O) groups excluding carboxylic acids is 2. The van der Waals surface area contributed by atoms with Crippen molar-refractivity contribution in [1.82, 2.24) is 9.80 Å². The average Bonchev–Trinajstić information content (AvgIpc) is 3.36. The standard InChI is InChI=1S/C26H31N3O4S/c1-5-29(17-25(30)27-21-11-9-20(10-12-21)26(31)28(2)3)16-19-8-13-23(24(15-19)32-4)33-18-22-7-6-14-34-22/h6-15H,5,16-18H2,1-4H3,(H,27,30). The van der Waals surface area contributed by atoms with Crippen LogP contribution in [0.3, 0.4) is 0 Å². The molecule has 0 radical (unpaired) electrons. The van der Waals surface area contributed by atoms with E-state index in [1.807, 2.05) is 47.5 Å². The summed E-state index contributed by atoms with van der Waals surface area (Å²) in [4.78, 5) is 29.3. The van der Waals surface area contributed by atoms with E-state index < -0.39 is 0 Å². The van der Waals surface area contributed by atoms with Crippen molar-refractivity contribution in [2.45, 2.75) is 20.1 Å². The van der Waals surface area contributed by atoms with Crippen LogP contribution in [0.5, 0.6) is 11.5 Å². The van der Waals surface area contributed by atoms with Crippen LogP contribution in [0.15, 0.2) is 60.0 Å². The molecular formula is C26H31N3O4S. The van der Waals surface area contributed by atoms with Gasteiger partial charge in [0.2, 0.25) is 5.91 Å². The summed E-state index contributed by atoms with van der Waals surface area (Å²) < 4.78 is 11.4. The van der Waals surface area contributed by atoms with Gasteiger partial charge in [-0.2, -0.15) is 0 Å². The van der Waals surface area contributed by atoms with Gasteiger partial charge in [-0.25, -0.2) is 0 Å². The maximum atomic E-state index is 12.6. The molecule has 0 unspecified atom stereocenters. The topological polar surface area (TPSA) is 71.1 Å². The second-order valence-corrected chi connectivity index (χ2v) is 9.01. The molecule has 0 aliphatic heterocycles. The van der Waals surface area contributed by atoms with E-state index in [9.17, 15) is 9.59 Å². The van der Waals surface area contributed by atoms with E-state index in [4.69, 9.17) is 9.47 Å². The summed E-state index contributed by atoms with van der Waals surface area (Å²) in [6.45, 7) is 4.07. The molecule has 8 heteroatoms. The first kappa shape index (κ1) is 25.3. The summed E-state index contributed by atoms with van der Waals surface area (Å²) in [6, 6.07) is 16.8. The summed E-state index contributed by atoms with van der Waals surface area (Å²) >= 11 is 1.65. The Hall–Kier alpha value is -3.36. The van der Waals surface area contributed by atoms with Crippen molar-refractivity contribution >= 4 is 28.8 Å². The minimum atomic E-state index is -0.114. The van der Waals surface area contributed by atoms with Crippen molar-refractivity contribution in [1.29, 1.82) is 0 Å². The highest BCUT2D eigenvalue weighted by Gasteiger charge is 2.13. The van der Waals surface area contributed by atoms with Crippen LogP contribution in [0.4, 0.5) is 5.69 Å². The van der Waals surface area contributed by atoms with Crippen molar-refractivity contribution in [2.24, 2.45) is 0 Å². The lowest BCUT2D eigenvalue weighted by molar-refractivity contribution is -0.117. The van der Waals surface area contributed by atoms with Gasteiger partial charge in [-0.3, -0.25) is 14.5 Å². The summed E-state index contributed by atoms with van der Waals surface area (Å²) in [7, 11) is 5.04. The van der Waals surface area contributed by atoms with E-state index in [2.05, 4.69) is 5.32 Å². The lowest BCUT2D eigenvalue weighted by Crippen LogP contribution is -2.32. The lowest BCUT2D eigenvalue weighted by atomic mass is 10.1. The van der Waals surface area contributed by atoms with E-state index in [-0.39, 0.29) is 18.4 Å². The molecule has 1 aromatic heterocycles. The van der Waals surface area contributed by atoms with Crippen molar-refractivity contribution < 1.29 is 19.1 Å². The summed E-state index contributed by atoms with van der Waals surface area (Å²) in [5.74, 6) is 1.17. The number of nitrogens with one attached hydrogen (secondary N) is 1. The predicted octanol–water partition coefficient (Wildman–Crippen LogP) is 4.50. The van der Waals surface area contributed by atoms with Crippen LogP contribution in [0.2, 0.25) is 0 Å². The molecule has 0 bridgehead atoms. The van der Waals surface area contributed by atoms with Crippen LogP contribution in [0, 0.1) is 0 Å². The Labute approximate surface area is 204 Å². The van der Waals surface area contributed by atoms with Gasteiger partial charge in [0.1, 0.15) is 6.61 Å². The van der Waals surface area contributed by atoms with Gasteiger partial charge < -0.3 is 19.7 Å². The second kappa shape index (κ2) is 12.2. The highest BCUT2D eigenvalue weighted by Crippen LogP contribution is 2.29. The molecule has 2 aromatic carbocycles. The van der Waals surface area contributed by atoms with Gasteiger partial charge in [0.15, 0.2) is 11.5 Å². The number of carbonyl (C=O) groups is 2. The van der Waals surface area contributed by atoms with Crippen molar-refractivity contribution in [2.75, 3.05) is 39.6 Å². The minimum absolute atomic E-state index is 0.0756. The van der Waals surface area contributed by atoms with Crippen molar-refractivity contribution in [3.05, 3.63) is 76.0 Å². The number of ether oxygens (including phenoxy) is 2. The van der Waals surface area contributed by atoms with Crippen molar-refractivity contribution in [3.8, 4) is 11.5 Å². The zero-order valence-corrected chi connectivity index (χ0v) is 20.9. The van der Waals surface area contributed by atoms with Crippen LogP contribution in [-0.4, -0.2) is 55.9 Å². The molecular weight excluding hydrogens is 450 g/mol. The molecule has 0 aliphatic rings. The molecule has 0 spiro atoms. The highest BCUT2D eigenvalue weighted by atomic mass is 32.1. The Morgan fingerprint density at radius 3 is 2.41 bits per heavy atom. The fraction of sp³-hybridized carbons (Fsp3) is 0.308. The first-order valence-corrected chi connectivity index (χ1v) is 11.9. The molecule has 0 saturated heterocycles. The molecule has 3 aromatic rings. The molecule has 0 fully saturated rings. The lowest BCUT2D eigenvalue weighted by Gasteiger charge is -2.21. The first-order chi connectivity index (χ1) is 16.4. The van der Waals surface area contributed by atoms with E-state index >= 15 is 0 Å². The van der Waals surface area contributed by atoms with E-state index in [0.29, 0.717) is 42.4 Å². The van der Waals surface area contributed by atoms with Crippen molar-refractivity contribution in [3.63, 3.8) is 0 Å². The highest BCUT2D eigenvalue weighted by molar-refractivity contribution is 7.09. The molecule has 180 valence electrons. The number of likely N-dealkylation sites (N-methyl/N-ethyl adjacent to an activating group) is 1. The second-order valence-electron chi connectivity index (χ2n) is 7.98. The fourth-order valence-electron chi connectivity index (χ4n) is 3.37. The van der Waals surface area contributed by atoms with Gasteiger partial charge in [-0.05, 0) is 60.0 Å². The number of rotatable bonds is 11. The Balaban J connectivity index is 1.56. The number of nitrogens with zero attached hydrogens (tertiary/aromatic N) is 2. The van der Waals surface area contributed by atoms with E-state index in [0.717, 1.165) is 10.4 Å². The minimum Gasteiger partial charge on any atom is -0.493 e. The number of benzene rings is 2. The Morgan fingerprint density at radius 2 is 1.79 bits per heavy atom. The fourth-order valence-corrected chi connectivity index (χ4v) is 3.98. The number of thiophene rings is 1. The number of hydrogen-bond acceptors (Lipinski definition) is 6. The first-order valence-electron chi connectivity index (χ1n) is 11.1. The zero-order chi connectivity index (χ0) is 24.5. The maximum absolute atomic E-state index is 12.6. The molecule has 0 aliphatic carbocycles. The van der Waals surface area contributed by atoms with Crippen LogP contribution in [-0.2, 0) is 17.9 Å². The molecule has 34 heavy (non-hydrogen) atoms. The largest absolute Gasteiger partial charge is 0.493 e. The van der Waals surface area contributed by atoms with E-state index in [1.54, 1.807) is 56.8 Å². The number of amides is 2. The van der Waals surface area contributed by atoms with Crippen LogP contribution in [0.25, 0.3) is 0 Å². The molecule has 0 saturated carbocycles. The molecule has 3 rings (SSSR count). The third-order valence-electron chi connectivity index (χ3n) is 5.22. The Bertz CT molecular complexity index is 1080. The Kier molecular flexibility index (Phi) is 9.07. The number of methoxy groups -OCH3 is 1. The van der Waals surface area contributed by atoms with Crippen LogP contribution >= 0.6 is 11.3 Å². The quantitative estimate of drug-likeness (QED) is 0.437. The summed E-state index contributed by atoms with van der Waals surface area (Å²) in [6.07, 6.45) is 0. The molecule has 1 heterocycles. The van der Waals surface area contributed by atoms with Gasteiger partial charge in [-0.15, -0.1) is 11.3 Å². The third kappa shape index (κ3) is 7.07. The molecule has 7 nitrogen and oxygen atoms in total. The zero-order valence-electron chi connectivity index (χ0n) is 20.0. The maximum Gasteiger partial charge on any atom is 0.253 e. The predicted molar refractivity (Wildman–Crippen MR) is 136 cm³/mol. The summed E-state index contributed by atoms with van der Waals surface area (Å²) in [5.41, 5.74) is 2.27. The van der Waals surface area contributed by atoms with Gasteiger partial charge in [-0.1, -0.05) is 19.1 Å².